The first-order valence-corrected chi connectivity index (χ1v) is 3.33. The quantitative estimate of drug-likeness (QED) is 0.419. The van der Waals surface area contributed by atoms with Crippen molar-refractivity contribution in [2.75, 3.05) is 0 Å². The number of rotatable bonds is 2. The van der Waals surface area contributed by atoms with Crippen LogP contribution in [0.2, 0.25) is 0 Å². The van der Waals surface area contributed by atoms with Gasteiger partial charge in [-0.1, -0.05) is 0 Å². The Morgan fingerprint density at radius 1 is 1.73 bits per heavy atom. The van der Waals surface area contributed by atoms with Gasteiger partial charge in [-0.15, -0.1) is 0 Å². The summed E-state index contributed by atoms with van der Waals surface area (Å²) in [5.74, 6) is -2.70. The number of nitrogens with zero attached hydrogens (tertiary/aromatic N) is 4. The average Bonchev–Trinajstić information content (AvgIpc) is 2.42. The van der Waals surface area contributed by atoms with Crippen LogP contribution in [0.25, 0.3) is 0 Å². The van der Waals surface area contributed by atoms with Gasteiger partial charge in [0.25, 0.3) is 0 Å². The van der Waals surface area contributed by atoms with E-state index in [9.17, 15) is 14.9 Å². The number of carboxylic acids is 1. The third-order valence-corrected chi connectivity index (χ3v) is 1.55. The number of nitriles is 1. The standard InChI is InChI=1S/C6H4N4O4.K/c1-9-3(2-7)4(10(13)14)8-5(9)6(11)12;/h1H3,(H,11,12);. The molecule has 1 aromatic heterocycles. The molecule has 1 radical (unpaired) electrons. The van der Waals surface area contributed by atoms with E-state index >= 15 is 0 Å². The number of carbonyl (C=O) groups is 1. The van der Waals surface area contributed by atoms with Gasteiger partial charge in [0.05, 0.1) is 0 Å². The molecule has 0 amide bonds. The van der Waals surface area contributed by atoms with E-state index < -0.39 is 22.5 Å². The van der Waals surface area contributed by atoms with Crippen LogP contribution in [0.5, 0.6) is 0 Å². The van der Waals surface area contributed by atoms with Crippen molar-refractivity contribution in [1.29, 1.82) is 5.26 Å². The molecular weight excluding hydrogens is 231 g/mol. The number of aromatic nitrogens is 2. The van der Waals surface area contributed by atoms with Crippen LogP contribution in [-0.2, 0) is 7.05 Å². The maximum absolute atomic E-state index is 10.5. The summed E-state index contributed by atoms with van der Waals surface area (Å²) in [7, 11) is 1.22. The van der Waals surface area contributed by atoms with Crippen LogP contribution in [-0.4, -0.2) is 76.9 Å². The Labute approximate surface area is 126 Å². The molecule has 1 rings (SSSR count). The molecule has 1 heterocycles. The van der Waals surface area contributed by atoms with Crippen molar-refractivity contribution in [3.63, 3.8) is 0 Å². The van der Waals surface area contributed by atoms with Crippen LogP contribution in [0.4, 0.5) is 5.82 Å². The van der Waals surface area contributed by atoms with E-state index in [0.717, 1.165) is 4.57 Å². The second kappa shape index (κ2) is 5.33. The normalized spacial score (nSPS) is 8.80. The van der Waals surface area contributed by atoms with Crippen molar-refractivity contribution in [2.24, 2.45) is 7.05 Å². The largest absolute Gasteiger partial charge is 0.474 e. The van der Waals surface area contributed by atoms with E-state index in [1.54, 1.807) is 0 Å². The third kappa shape index (κ3) is 2.61. The summed E-state index contributed by atoms with van der Waals surface area (Å²) < 4.78 is 0.862. The Morgan fingerprint density at radius 3 is 2.53 bits per heavy atom. The molecule has 8 nitrogen and oxygen atoms in total. The predicted molar refractivity (Wildman–Crippen MR) is 47.3 cm³/mol. The molecule has 0 aliphatic rings. The molecule has 0 aliphatic carbocycles. The maximum atomic E-state index is 10.5. The molecular formula is C6H4KN4O4. The van der Waals surface area contributed by atoms with Crippen LogP contribution in [0.15, 0.2) is 0 Å². The van der Waals surface area contributed by atoms with Gasteiger partial charge in [-0.3, -0.25) is 4.57 Å². The topological polar surface area (TPSA) is 122 Å². The van der Waals surface area contributed by atoms with Gasteiger partial charge < -0.3 is 15.2 Å². The average molecular weight is 235 g/mol. The molecule has 0 unspecified atom stereocenters. The van der Waals surface area contributed by atoms with Crippen molar-refractivity contribution in [3.05, 3.63) is 21.6 Å². The zero-order valence-corrected chi connectivity index (χ0v) is 11.1. The van der Waals surface area contributed by atoms with E-state index in [4.69, 9.17) is 10.4 Å². The third-order valence-electron chi connectivity index (χ3n) is 1.55. The minimum Gasteiger partial charge on any atom is -0.474 e. The number of aromatic carboxylic acids is 1. The maximum Gasteiger partial charge on any atom is 0.401 e. The van der Waals surface area contributed by atoms with Gasteiger partial charge in [-0.2, -0.15) is 5.26 Å². The molecule has 1 aromatic rings. The number of nitro groups is 1. The Balaban J connectivity index is 0.00000196. The first-order valence-electron chi connectivity index (χ1n) is 3.33. The van der Waals surface area contributed by atoms with Gasteiger partial charge in [0.15, 0.2) is 0 Å². The first kappa shape index (κ1) is 14.2. The molecule has 9 heteroatoms. The zero-order valence-electron chi connectivity index (χ0n) is 7.96. The summed E-state index contributed by atoms with van der Waals surface area (Å²) in [5.41, 5.74) is -0.382. The fraction of sp³-hybridized carbons (Fsp3) is 0.167. The van der Waals surface area contributed by atoms with Crippen molar-refractivity contribution >= 4 is 63.2 Å². The monoisotopic (exact) mass is 235 g/mol. The summed E-state index contributed by atoms with van der Waals surface area (Å²) in [4.78, 5) is 23.2. The van der Waals surface area contributed by atoms with Crippen LogP contribution in [0.3, 0.4) is 0 Å². The minimum absolute atomic E-state index is 0. The van der Waals surface area contributed by atoms with Crippen molar-refractivity contribution < 1.29 is 14.8 Å². The molecule has 1 N–H and O–H groups in total. The van der Waals surface area contributed by atoms with Gasteiger partial charge in [0.1, 0.15) is 6.07 Å². The molecule has 0 spiro atoms. The molecule has 0 saturated carbocycles. The van der Waals surface area contributed by atoms with Crippen molar-refractivity contribution in [1.82, 2.24) is 9.55 Å². The van der Waals surface area contributed by atoms with E-state index in [0.29, 0.717) is 0 Å². The first-order chi connectivity index (χ1) is 6.49. The second-order valence-corrected chi connectivity index (χ2v) is 2.34. The molecule has 0 aliphatic heterocycles. The number of hydrogen-bond acceptors (Lipinski definition) is 5. The molecule has 0 fully saturated rings. The zero-order chi connectivity index (χ0) is 10.9. The number of imidazole rings is 1. The number of hydrogen-bond donors (Lipinski definition) is 1. The molecule has 15 heavy (non-hydrogen) atoms. The minimum atomic E-state index is -1.42. The second-order valence-electron chi connectivity index (χ2n) is 2.34. The van der Waals surface area contributed by atoms with Crippen LogP contribution < -0.4 is 0 Å². The molecule has 0 aromatic carbocycles. The molecule has 0 atom stereocenters. The Kier molecular flexibility index (Phi) is 5.05. The summed E-state index contributed by atoms with van der Waals surface area (Å²) in [6, 6.07) is 1.52. The molecule has 73 valence electrons. The molecule has 0 bridgehead atoms. The Hall–Kier alpha value is -0.794. The van der Waals surface area contributed by atoms with Crippen LogP contribution in [0.1, 0.15) is 16.3 Å². The van der Waals surface area contributed by atoms with Crippen molar-refractivity contribution in [2.45, 2.75) is 0 Å². The van der Waals surface area contributed by atoms with Gasteiger partial charge in [-0.25, -0.2) is 4.79 Å². The van der Waals surface area contributed by atoms with Gasteiger partial charge in [0.2, 0.25) is 5.69 Å². The summed E-state index contributed by atoms with van der Waals surface area (Å²) in [6.45, 7) is 0. The summed E-state index contributed by atoms with van der Waals surface area (Å²) in [6.07, 6.45) is 0. The van der Waals surface area contributed by atoms with E-state index in [2.05, 4.69) is 4.98 Å². The van der Waals surface area contributed by atoms with E-state index in [1.165, 1.54) is 13.1 Å². The summed E-state index contributed by atoms with van der Waals surface area (Å²) in [5, 5.41) is 27.5. The smallest absolute Gasteiger partial charge is 0.401 e. The van der Waals surface area contributed by atoms with Gasteiger partial charge in [-0.05, 0) is 9.91 Å². The van der Waals surface area contributed by atoms with Crippen molar-refractivity contribution in [3.8, 4) is 6.07 Å². The Morgan fingerprint density at radius 2 is 2.27 bits per heavy atom. The van der Waals surface area contributed by atoms with E-state index in [1.807, 2.05) is 0 Å². The van der Waals surface area contributed by atoms with Crippen LogP contribution >= 0.6 is 0 Å². The fourth-order valence-corrected chi connectivity index (χ4v) is 0.928. The SMILES string of the molecule is Cn1c(C(=O)O)nc([N+](=O)[O-])c1C#N.[K]. The van der Waals surface area contributed by atoms with Crippen LogP contribution in [0, 0.1) is 21.4 Å². The fourth-order valence-electron chi connectivity index (χ4n) is 0.928. The predicted octanol–water partition coefficient (Wildman–Crippen LogP) is -0.483. The van der Waals surface area contributed by atoms with Gasteiger partial charge in [0, 0.05) is 58.4 Å². The molecule has 0 saturated heterocycles. The summed E-state index contributed by atoms with van der Waals surface area (Å²) >= 11 is 0. The Bertz CT molecular complexity index is 460. The number of carboxylic acid groups (broad SMARTS) is 1. The van der Waals surface area contributed by atoms with E-state index in [-0.39, 0.29) is 57.1 Å². The van der Waals surface area contributed by atoms with Gasteiger partial charge >= 0.3 is 17.6 Å².